The fraction of sp³-hybridized carbons (Fsp3) is 0.533. The molecule has 0 aliphatic carbocycles. The molecule has 7 heteroatoms. The predicted octanol–water partition coefficient (Wildman–Crippen LogP) is 4.84. The molecule has 1 saturated heterocycles. The summed E-state index contributed by atoms with van der Waals surface area (Å²) in [4.78, 5) is 26.4. The van der Waals surface area contributed by atoms with Gasteiger partial charge in [0.15, 0.2) is 11.4 Å². The third-order valence-corrected chi connectivity index (χ3v) is 11.6. The summed E-state index contributed by atoms with van der Waals surface area (Å²) in [7, 11) is -2.84. The van der Waals surface area contributed by atoms with Crippen LogP contribution in [0.5, 0.6) is 0 Å². The van der Waals surface area contributed by atoms with Crippen molar-refractivity contribution in [2.24, 2.45) is 5.92 Å². The Bertz CT molecular complexity index is 1010. The normalized spacial score (nSPS) is 18.8. The van der Waals surface area contributed by atoms with Crippen molar-refractivity contribution in [3.8, 4) is 0 Å². The van der Waals surface area contributed by atoms with Crippen LogP contribution in [0, 0.1) is 5.92 Å². The second-order valence-corrected chi connectivity index (χ2v) is 16.7. The largest absolute Gasteiger partial charge is 0.444 e. The number of ketones is 1. The Balaban J connectivity index is 1.93. The highest BCUT2D eigenvalue weighted by Gasteiger charge is 2.58. The van der Waals surface area contributed by atoms with Gasteiger partial charge in [-0.15, -0.1) is 0 Å². The number of carbonyl (C=O) groups is 2. The molecule has 2 aromatic rings. The van der Waals surface area contributed by atoms with E-state index in [9.17, 15) is 9.59 Å². The standard InChI is InChI=1S/C30H43NO5Si/c1-22(2)19-25(31-27(33)36-28(3,4)5)26(32)30(20-34-30)21-35-37(29(6,7)8,23-15-11-9-12-16-23)24-17-13-10-14-18-24/h9-18,22,25H,19-21H2,1-8H3,(H,31,33)/t25-,30-/m0/s1. The number of hydrogen-bond acceptors (Lipinski definition) is 5. The molecule has 6 nitrogen and oxygen atoms in total. The minimum absolute atomic E-state index is 0.129. The lowest BCUT2D eigenvalue weighted by molar-refractivity contribution is -0.127. The maximum absolute atomic E-state index is 13.8. The van der Waals surface area contributed by atoms with E-state index >= 15 is 0 Å². The molecular formula is C30H43NO5Si. The third kappa shape index (κ3) is 6.89. The molecule has 1 amide bonds. The molecule has 3 rings (SSSR count). The number of epoxide rings is 1. The molecule has 1 fully saturated rings. The van der Waals surface area contributed by atoms with Crippen LogP contribution in [0.4, 0.5) is 4.79 Å². The van der Waals surface area contributed by atoms with E-state index in [1.54, 1.807) is 20.8 Å². The molecule has 0 aromatic heterocycles. The minimum atomic E-state index is -2.84. The molecule has 0 unspecified atom stereocenters. The lowest BCUT2D eigenvalue weighted by Crippen LogP contribution is -2.67. The molecule has 0 bridgehead atoms. The molecule has 0 spiro atoms. The van der Waals surface area contributed by atoms with Crippen LogP contribution in [0.3, 0.4) is 0 Å². The summed E-state index contributed by atoms with van der Waals surface area (Å²) in [6.45, 7) is 16.5. The van der Waals surface area contributed by atoms with Crippen molar-refractivity contribution < 1.29 is 23.5 Å². The van der Waals surface area contributed by atoms with Crippen LogP contribution in [0.1, 0.15) is 61.8 Å². The van der Waals surface area contributed by atoms with Crippen LogP contribution in [-0.4, -0.2) is 50.7 Å². The van der Waals surface area contributed by atoms with Gasteiger partial charge in [0.05, 0.1) is 19.3 Å². The van der Waals surface area contributed by atoms with Gasteiger partial charge in [0.2, 0.25) is 0 Å². The van der Waals surface area contributed by atoms with Gasteiger partial charge in [0, 0.05) is 0 Å². The zero-order chi connectivity index (χ0) is 27.5. The minimum Gasteiger partial charge on any atom is -0.444 e. The maximum Gasteiger partial charge on any atom is 0.408 e. The number of ether oxygens (including phenoxy) is 2. The van der Waals surface area contributed by atoms with Gasteiger partial charge in [-0.3, -0.25) is 4.79 Å². The summed E-state index contributed by atoms with van der Waals surface area (Å²) in [5.74, 6) is 0.0299. The first kappa shape index (κ1) is 29.1. The van der Waals surface area contributed by atoms with Crippen LogP contribution < -0.4 is 15.7 Å². The number of hydrogen-bond donors (Lipinski definition) is 1. The lowest BCUT2D eigenvalue weighted by Gasteiger charge is -2.43. The number of amides is 1. The molecular weight excluding hydrogens is 482 g/mol. The first-order valence-corrected chi connectivity index (χ1v) is 15.0. The Morgan fingerprint density at radius 2 is 1.43 bits per heavy atom. The summed E-state index contributed by atoms with van der Waals surface area (Å²) in [5.41, 5.74) is -1.74. The number of rotatable bonds is 10. The molecule has 0 radical (unpaired) electrons. The summed E-state index contributed by atoms with van der Waals surface area (Å²) in [6.07, 6.45) is -0.113. The molecule has 1 aliphatic heterocycles. The van der Waals surface area contributed by atoms with Gasteiger partial charge in [-0.2, -0.15) is 0 Å². The van der Waals surface area contributed by atoms with E-state index in [0.29, 0.717) is 6.42 Å². The SMILES string of the molecule is CC(C)C[C@H](NC(=O)OC(C)(C)C)C(=O)[C@@]1(CO[Si](c2ccccc2)(c2ccccc2)C(C)(C)C)CO1. The van der Waals surface area contributed by atoms with Gasteiger partial charge in [0.1, 0.15) is 5.60 Å². The zero-order valence-corrected chi connectivity index (χ0v) is 24.6. The third-order valence-electron chi connectivity index (χ3n) is 6.60. The second-order valence-electron chi connectivity index (χ2n) is 12.4. The van der Waals surface area contributed by atoms with Gasteiger partial charge in [-0.25, -0.2) is 4.79 Å². The van der Waals surface area contributed by atoms with Gasteiger partial charge in [0.25, 0.3) is 8.32 Å². The molecule has 37 heavy (non-hydrogen) atoms. The van der Waals surface area contributed by atoms with E-state index in [0.717, 1.165) is 10.4 Å². The van der Waals surface area contributed by atoms with Gasteiger partial charge in [-0.1, -0.05) is 95.3 Å². The number of benzene rings is 2. The fourth-order valence-corrected chi connectivity index (χ4v) is 9.45. The number of alkyl carbamates (subject to hydrolysis) is 1. The van der Waals surface area contributed by atoms with Crippen molar-refractivity contribution in [3.05, 3.63) is 60.7 Å². The first-order valence-electron chi connectivity index (χ1n) is 13.1. The Morgan fingerprint density at radius 3 is 1.81 bits per heavy atom. The van der Waals surface area contributed by atoms with Crippen LogP contribution in [0.2, 0.25) is 5.04 Å². The Morgan fingerprint density at radius 1 is 0.946 bits per heavy atom. The predicted molar refractivity (Wildman–Crippen MR) is 150 cm³/mol. The summed E-state index contributed by atoms with van der Waals surface area (Å²) >= 11 is 0. The van der Waals surface area contributed by atoms with Crippen molar-refractivity contribution in [1.82, 2.24) is 5.32 Å². The van der Waals surface area contributed by atoms with Gasteiger partial charge >= 0.3 is 6.09 Å². The van der Waals surface area contributed by atoms with Crippen LogP contribution in [-0.2, 0) is 18.7 Å². The maximum atomic E-state index is 13.8. The average Bonchev–Trinajstić information content (AvgIpc) is 3.58. The van der Waals surface area contributed by atoms with E-state index in [2.05, 4.69) is 50.4 Å². The van der Waals surface area contributed by atoms with Crippen molar-refractivity contribution in [2.75, 3.05) is 13.2 Å². The van der Waals surface area contributed by atoms with Crippen molar-refractivity contribution in [1.29, 1.82) is 0 Å². The highest BCUT2D eigenvalue weighted by Crippen LogP contribution is 2.39. The van der Waals surface area contributed by atoms with E-state index < -0.39 is 31.7 Å². The van der Waals surface area contributed by atoms with Crippen molar-refractivity contribution >= 4 is 30.6 Å². The quantitative estimate of drug-likeness (QED) is 0.355. The number of Topliss-reactive ketones (excluding diaryl/α,β-unsaturated/α-hetero) is 1. The zero-order valence-electron chi connectivity index (χ0n) is 23.6. The van der Waals surface area contributed by atoms with Crippen molar-refractivity contribution in [3.63, 3.8) is 0 Å². The van der Waals surface area contributed by atoms with Crippen molar-refractivity contribution in [2.45, 2.75) is 84.1 Å². The van der Waals surface area contributed by atoms with Crippen LogP contribution in [0.25, 0.3) is 0 Å². The molecule has 202 valence electrons. The number of carbonyl (C=O) groups excluding carboxylic acids is 2. The highest BCUT2D eigenvalue weighted by atomic mass is 28.4. The van der Waals surface area contributed by atoms with Gasteiger partial charge < -0.3 is 19.2 Å². The molecule has 1 N–H and O–H groups in total. The lowest BCUT2D eigenvalue weighted by atomic mass is 9.93. The Labute approximate surface area is 223 Å². The van der Waals surface area contributed by atoms with Crippen LogP contribution in [0.15, 0.2) is 60.7 Å². The Kier molecular flexibility index (Phi) is 8.72. The summed E-state index contributed by atoms with van der Waals surface area (Å²) in [6, 6.07) is 19.9. The van der Waals surface area contributed by atoms with E-state index in [-0.39, 0.29) is 30.0 Å². The van der Waals surface area contributed by atoms with E-state index in [1.807, 2.05) is 50.2 Å². The number of nitrogens with one attached hydrogen (secondary N) is 1. The summed E-state index contributed by atoms with van der Waals surface area (Å²) in [5, 5.41) is 4.87. The van der Waals surface area contributed by atoms with E-state index in [4.69, 9.17) is 13.9 Å². The summed E-state index contributed by atoms with van der Waals surface area (Å²) < 4.78 is 18.3. The fourth-order valence-electron chi connectivity index (χ4n) is 4.84. The van der Waals surface area contributed by atoms with Gasteiger partial charge in [-0.05, 0) is 48.5 Å². The molecule has 2 atom stereocenters. The average molecular weight is 526 g/mol. The second kappa shape index (κ2) is 11.1. The molecule has 1 heterocycles. The molecule has 1 aliphatic rings. The Hall–Kier alpha value is -2.48. The molecule has 0 saturated carbocycles. The smallest absolute Gasteiger partial charge is 0.408 e. The first-order chi connectivity index (χ1) is 17.2. The monoisotopic (exact) mass is 525 g/mol. The van der Waals surface area contributed by atoms with Crippen LogP contribution >= 0.6 is 0 Å². The van der Waals surface area contributed by atoms with E-state index in [1.165, 1.54) is 0 Å². The highest BCUT2D eigenvalue weighted by molar-refractivity contribution is 6.99. The molecule has 2 aromatic carbocycles. The topological polar surface area (TPSA) is 77.2 Å².